The van der Waals surface area contributed by atoms with Gasteiger partial charge < -0.3 is 5.32 Å². The number of hydrogen-bond acceptors (Lipinski definition) is 3. The van der Waals surface area contributed by atoms with E-state index >= 15 is 0 Å². The van der Waals surface area contributed by atoms with Crippen molar-refractivity contribution >= 4 is 5.78 Å². The lowest BCUT2D eigenvalue weighted by Gasteiger charge is -2.44. The van der Waals surface area contributed by atoms with Crippen LogP contribution in [0.3, 0.4) is 0 Å². The second-order valence-electron chi connectivity index (χ2n) is 4.17. The van der Waals surface area contributed by atoms with Crippen LogP contribution >= 0.6 is 0 Å². The SMILES string of the molecule is CC(=O)C1CNCC2CCCCN21. The Morgan fingerprint density at radius 1 is 1.38 bits per heavy atom. The molecule has 2 aliphatic rings. The largest absolute Gasteiger partial charge is 0.313 e. The summed E-state index contributed by atoms with van der Waals surface area (Å²) in [6.45, 7) is 4.76. The highest BCUT2D eigenvalue weighted by molar-refractivity contribution is 5.81. The van der Waals surface area contributed by atoms with Crippen molar-refractivity contribution in [2.45, 2.75) is 38.3 Å². The Kier molecular flexibility index (Phi) is 2.65. The molecule has 3 heteroatoms. The van der Waals surface area contributed by atoms with Gasteiger partial charge in [0.15, 0.2) is 0 Å². The van der Waals surface area contributed by atoms with Gasteiger partial charge in [-0.2, -0.15) is 0 Å². The lowest BCUT2D eigenvalue weighted by Crippen LogP contribution is -2.61. The zero-order chi connectivity index (χ0) is 9.26. The summed E-state index contributed by atoms with van der Waals surface area (Å²) in [4.78, 5) is 13.8. The summed E-state index contributed by atoms with van der Waals surface area (Å²) in [5.41, 5.74) is 0. The first-order chi connectivity index (χ1) is 6.29. The van der Waals surface area contributed by atoms with Gasteiger partial charge in [-0.05, 0) is 26.3 Å². The molecule has 3 nitrogen and oxygen atoms in total. The zero-order valence-corrected chi connectivity index (χ0v) is 8.25. The number of nitrogens with zero attached hydrogens (tertiary/aromatic N) is 1. The number of piperidine rings is 1. The molecule has 0 amide bonds. The molecular weight excluding hydrogens is 164 g/mol. The van der Waals surface area contributed by atoms with Crippen LogP contribution in [0.4, 0.5) is 0 Å². The molecule has 2 atom stereocenters. The van der Waals surface area contributed by atoms with Gasteiger partial charge in [-0.3, -0.25) is 9.69 Å². The van der Waals surface area contributed by atoms with E-state index in [0.29, 0.717) is 11.8 Å². The highest BCUT2D eigenvalue weighted by atomic mass is 16.1. The second kappa shape index (κ2) is 3.76. The molecule has 0 aromatic rings. The molecule has 0 bridgehead atoms. The fourth-order valence-electron chi connectivity index (χ4n) is 2.53. The number of piperazine rings is 1. The van der Waals surface area contributed by atoms with Gasteiger partial charge in [0, 0.05) is 19.1 Å². The van der Waals surface area contributed by atoms with Crippen LogP contribution in [0.15, 0.2) is 0 Å². The third-order valence-electron chi connectivity index (χ3n) is 3.26. The number of hydrogen-bond donors (Lipinski definition) is 1. The molecule has 0 spiro atoms. The fraction of sp³-hybridized carbons (Fsp3) is 0.900. The minimum Gasteiger partial charge on any atom is -0.313 e. The zero-order valence-electron chi connectivity index (χ0n) is 8.25. The lowest BCUT2D eigenvalue weighted by atomic mass is 9.95. The predicted molar refractivity (Wildman–Crippen MR) is 51.7 cm³/mol. The minimum absolute atomic E-state index is 0.152. The molecule has 0 aliphatic carbocycles. The van der Waals surface area contributed by atoms with Gasteiger partial charge in [0.05, 0.1) is 6.04 Å². The highest BCUT2D eigenvalue weighted by Gasteiger charge is 2.34. The summed E-state index contributed by atoms with van der Waals surface area (Å²) in [5, 5.41) is 3.35. The maximum atomic E-state index is 11.4. The summed E-state index contributed by atoms with van der Waals surface area (Å²) < 4.78 is 0. The quantitative estimate of drug-likeness (QED) is 0.637. The smallest absolute Gasteiger partial charge is 0.148 e. The van der Waals surface area contributed by atoms with Gasteiger partial charge in [0.2, 0.25) is 0 Å². The first kappa shape index (κ1) is 9.16. The Bertz CT molecular complexity index is 203. The molecule has 2 aliphatic heterocycles. The number of carbonyl (C=O) groups is 1. The summed E-state index contributed by atoms with van der Waals surface area (Å²) in [5.74, 6) is 0.319. The third-order valence-corrected chi connectivity index (χ3v) is 3.26. The maximum absolute atomic E-state index is 11.4. The molecule has 74 valence electrons. The molecule has 0 radical (unpaired) electrons. The normalized spacial score (nSPS) is 35.5. The molecule has 2 rings (SSSR count). The molecule has 2 unspecified atom stereocenters. The van der Waals surface area contributed by atoms with E-state index in [1.165, 1.54) is 19.3 Å². The van der Waals surface area contributed by atoms with Crippen LogP contribution in [-0.2, 0) is 4.79 Å². The molecule has 1 N–H and O–H groups in total. The Labute approximate surface area is 79.5 Å². The molecule has 0 saturated carbocycles. The fourth-order valence-corrected chi connectivity index (χ4v) is 2.53. The molecule has 2 heterocycles. The van der Waals surface area contributed by atoms with Gasteiger partial charge in [0.1, 0.15) is 5.78 Å². The van der Waals surface area contributed by atoms with Gasteiger partial charge >= 0.3 is 0 Å². The van der Waals surface area contributed by atoms with Gasteiger partial charge in [0.25, 0.3) is 0 Å². The van der Waals surface area contributed by atoms with Crippen LogP contribution in [-0.4, -0.2) is 42.4 Å². The first-order valence-corrected chi connectivity index (χ1v) is 5.26. The van der Waals surface area contributed by atoms with E-state index < -0.39 is 0 Å². The topological polar surface area (TPSA) is 32.3 Å². The standard InChI is InChI=1S/C10H18N2O/c1-8(13)10-7-11-6-9-4-2-3-5-12(9)10/h9-11H,2-7H2,1H3. The van der Waals surface area contributed by atoms with Crippen LogP contribution in [0, 0.1) is 0 Å². The van der Waals surface area contributed by atoms with Crippen molar-refractivity contribution in [2.24, 2.45) is 0 Å². The van der Waals surface area contributed by atoms with E-state index in [4.69, 9.17) is 0 Å². The van der Waals surface area contributed by atoms with E-state index in [2.05, 4.69) is 10.2 Å². The van der Waals surface area contributed by atoms with Crippen molar-refractivity contribution in [1.82, 2.24) is 10.2 Å². The minimum atomic E-state index is 0.152. The Balaban J connectivity index is 2.06. The second-order valence-corrected chi connectivity index (χ2v) is 4.17. The Morgan fingerprint density at radius 3 is 3.00 bits per heavy atom. The number of ketones is 1. The molecule has 0 aromatic carbocycles. The number of carbonyl (C=O) groups excluding carboxylic acids is 1. The van der Waals surface area contributed by atoms with E-state index in [0.717, 1.165) is 19.6 Å². The summed E-state index contributed by atoms with van der Waals surface area (Å²) in [7, 11) is 0. The van der Waals surface area contributed by atoms with Crippen molar-refractivity contribution < 1.29 is 4.79 Å². The van der Waals surface area contributed by atoms with Crippen molar-refractivity contribution in [3.05, 3.63) is 0 Å². The highest BCUT2D eigenvalue weighted by Crippen LogP contribution is 2.21. The van der Waals surface area contributed by atoms with E-state index in [1.807, 2.05) is 0 Å². The van der Waals surface area contributed by atoms with Crippen molar-refractivity contribution in [3.63, 3.8) is 0 Å². The van der Waals surface area contributed by atoms with Crippen molar-refractivity contribution in [3.8, 4) is 0 Å². The van der Waals surface area contributed by atoms with Crippen LogP contribution in [0.2, 0.25) is 0 Å². The number of nitrogens with one attached hydrogen (secondary N) is 1. The Hall–Kier alpha value is -0.410. The average molecular weight is 182 g/mol. The van der Waals surface area contributed by atoms with Crippen molar-refractivity contribution in [2.75, 3.05) is 19.6 Å². The molecule has 2 saturated heterocycles. The molecule has 2 fully saturated rings. The summed E-state index contributed by atoms with van der Waals surface area (Å²) in [6, 6.07) is 0.774. The van der Waals surface area contributed by atoms with Gasteiger partial charge in [-0.1, -0.05) is 6.42 Å². The van der Waals surface area contributed by atoms with Crippen molar-refractivity contribution in [1.29, 1.82) is 0 Å². The van der Waals surface area contributed by atoms with Gasteiger partial charge in [-0.25, -0.2) is 0 Å². The van der Waals surface area contributed by atoms with Crippen LogP contribution < -0.4 is 5.32 Å². The van der Waals surface area contributed by atoms with Crippen LogP contribution in [0.25, 0.3) is 0 Å². The summed E-state index contributed by atoms with van der Waals surface area (Å²) >= 11 is 0. The number of Topliss-reactive ketones (excluding diaryl/α,β-unsaturated/α-hetero) is 1. The van der Waals surface area contributed by atoms with E-state index in [1.54, 1.807) is 6.92 Å². The number of fused-ring (bicyclic) bond motifs is 1. The van der Waals surface area contributed by atoms with E-state index in [-0.39, 0.29) is 6.04 Å². The summed E-state index contributed by atoms with van der Waals surface area (Å²) in [6.07, 6.45) is 3.85. The average Bonchev–Trinajstić information content (AvgIpc) is 2.17. The van der Waals surface area contributed by atoms with Crippen LogP contribution in [0.1, 0.15) is 26.2 Å². The third kappa shape index (κ3) is 1.76. The molecular formula is C10H18N2O. The monoisotopic (exact) mass is 182 g/mol. The maximum Gasteiger partial charge on any atom is 0.148 e. The Morgan fingerprint density at radius 2 is 2.23 bits per heavy atom. The number of rotatable bonds is 1. The lowest BCUT2D eigenvalue weighted by molar-refractivity contribution is -0.124. The predicted octanol–water partition coefficient (Wildman–Crippen LogP) is 0.402. The van der Waals surface area contributed by atoms with E-state index in [9.17, 15) is 4.79 Å². The van der Waals surface area contributed by atoms with Gasteiger partial charge in [-0.15, -0.1) is 0 Å². The first-order valence-electron chi connectivity index (χ1n) is 5.26. The molecule has 0 aromatic heterocycles. The molecule has 13 heavy (non-hydrogen) atoms. The van der Waals surface area contributed by atoms with Crippen LogP contribution in [0.5, 0.6) is 0 Å².